The first kappa shape index (κ1) is 17.4. The molecule has 0 N–H and O–H groups in total. The third-order valence-electron chi connectivity index (χ3n) is 4.12. The normalized spacial score (nSPS) is 11.4. The van der Waals surface area contributed by atoms with E-state index < -0.39 is 0 Å². The van der Waals surface area contributed by atoms with Crippen LogP contribution in [0.1, 0.15) is 26.7 Å². The Hall–Kier alpha value is -2.41. The van der Waals surface area contributed by atoms with Crippen LogP contribution in [0.2, 0.25) is 5.15 Å². The third-order valence-corrected chi connectivity index (χ3v) is 4.35. The van der Waals surface area contributed by atoms with Gasteiger partial charge in [0.1, 0.15) is 11.0 Å². The topological polar surface area (TPSA) is 74.7 Å². The maximum atomic E-state index is 12.9. The summed E-state index contributed by atoms with van der Waals surface area (Å²) in [6, 6.07) is 3.47. The summed E-state index contributed by atoms with van der Waals surface area (Å²) in [5.41, 5.74) is 0.959. The summed E-state index contributed by atoms with van der Waals surface area (Å²) in [4.78, 5) is 34.3. The van der Waals surface area contributed by atoms with Crippen LogP contribution in [0.5, 0.6) is 0 Å². The Bertz CT molecular complexity index is 1030. The highest BCUT2D eigenvalue weighted by atomic mass is 35.5. The van der Waals surface area contributed by atoms with Crippen LogP contribution in [0.4, 0.5) is 0 Å². The Morgan fingerprint density at radius 3 is 2.36 bits per heavy atom. The van der Waals surface area contributed by atoms with Gasteiger partial charge in [-0.05, 0) is 25.0 Å². The maximum absolute atomic E-state index is 12.9. The van der Waals surface area contributed by atoms with E-state index in [2.05, 4.69) is 9.97 Å². The SMILES string of the molecule is CCCn1c(=O)c2c(nc(-c3ccc(Cl)nc3)n2C)n(CCC)c1=O. The summed E-state index contributed by atoms with van der Waals surface area (Å²) in [5.74, 6) is 0.578. The minimum atomic E-state index is -0.308. The standard InChI is InChI=1S/C17H20ClN5O2/c1-4-8-22-15-13(16(24)23(9-5-2)17(22)25)21(3)14(20-15)11-6-7-12(18)19-10-11/h6-7,10H,4-5,8-9H2,1-3H3. The number of hydrogen-bond acceptors (Lipinski definition) is 4. The summed E-state index contributed by atoms with van der Waals surface area (Å²) in [7, 11) is 1.78. The van der Waals surface area contributed by atoms with Crippen molar-refractivity contribution >= 4 is 22.8 Å². The molecule has 0 amide bonds. The van der Waals surface area contributed by atoms with Gasteiger partial charge in [0.25, 0.3) is 5.56 Å². The fraction of sp³-hybridized carbons (Fsp3) is 0.412. The highest BCUT2D eigenvalue weighted by Crippen LogP contribution is 2.21. The Kier molecular flexibility index (Phi) is 4.76. The van der Waals surface area contributed by atoms with Crippen LogP contribution in [-0.4, -0.2) is 23.7 Å². The molecule has 3 rings (SSSR count). The summed E-state index contributed by atoms with van der Waals surface area (Å²) in [6.45, 7) is 4.82. The van der Waals surface area contributed by atoms with Crippen molar-refractivity contribution in [1.82, 2.24) is 23.7 Å². The van der Waals surface area contributed by atoms with E-state index in [1.807, 2.05) is 13.8 Å². The Morgan fingerprint density at radius 2 is 1.76 bits per heavy atom. The molecule has 0 fully saturated rings. The van der Waals surface area contributed by atoms with Gasteiger partial charge in [0.2, 0.25) is 0 Å². The molecule has 0 aliphatic heterocycles. The van der Waals surface area contributed by atoms with E-state index in [9.17, 15) is 9.59 Å². The molecule has 7 nitrogen and oxygen atoms in total. The zero-order valence-electron chi connectivity index (χ0n) is 14.5. The van der Waals surface area contributed by atoms with Crippen molar-refractivity contribution in [3.63, 3.8) is 0 Å². The van der Waals surface area contributed by atoms with Crippen LogP contribution in [0.3, 0.4) is 0 Å². The summed E-state index contributed by atoms with van der Waals surface area (Å²) in [5, 5.41) is 0.385. The number of imidazole rings is 1. The van der Waals surface area contributed by atoms with Crippen molar-refractivity contribution < 1.29 is 0 Å². The quantitative estimate of drug-likeness (QED) is 0.654. The molecule has 3 heterocycles. The molecule has 0 atom stereocenters. The lowest BCUT2D eigenvalue weighted by Gasteiger charge is -2.10. The van der Waals surface area contributed by atoms with Gasteiger partial charge in [0.05, 0.1) is 0 Å². The van der Waals surface area contributed by atoms with E-state index in [0.29, 0.717) is 41.7 Å². The lowest BCUT2D eigenvalue weighted by molar-refractivity contribution is 0.554. The fourth-order valence-corrected chi connectivity index (χ4v) is 3.09. The van der Waals surface area contributed by atoms with Gasteiger partial charge in [-0.15, -0.1) is 0 Å². The predicted molar refractivity (Wildman–Crippen MR) is 98.1 cm³/mol. The molecule has 132 valence electrons. The maximum Gasteiger partial charge on any atom is 0.332 e. The number of nitrogens with zero attached hydrogens (tertiary/aromatic N) is 5. The van der Waals surface area contributed by atoms with Gasteiger partial charge in [-0.3, -0.25) is 13.9 Å². The van der Waals surface area contributed by atoms with Gasteiger partial charge >= 0.3 is 5.69 Å². The molecular weight excluding hydrogens is 342 g/mol. The zero-order chi connectivity index (χ0) is 18.1. The van der Waals surface area contributed by atoms with Gasteiger partial charge in [-0.25, -0.2) is 14.8 Å². The molecular formula is C17H20ClN5O2. The Morgan fingerprint density at radius 1 is 1.08 bits per heavy atom. The average Bonchev–Trinajstić information content (AvgIpc) is 2.94. The van der Waals surface area contributed by atoms with Gasteiger partial charge in [0, 0.05) is 31.9 Å². The number of fused-ring (bicyclic) bond motifs is 1. The molecule has 0 saturated carbocycles. The monoisotopic (exact) mass is 361 g/mol. The van der Waals surface area contributed by atoms with E-state index in [1.54, 1.807) is 34.5 Å². The first-order valence-corrected chi connectivity index (χ1v) is 8.69. The molecule has 0 aliphatic carbocycles. The van der Waals surface area contributed by atoms with Crippen molar-refractivity contribution in [3.8, 4) is 11.4 Å². The number of aryl methyl sites for hydroxylation is 2. The first-order valence-electron chi connectivity index (χ1n) is 8.31. The highest BCUT2D eigenvalue weighted by molar-refractivity contribution is 6.29. The van der Waals surface area contributed by atoms with Crippen molar-refractivity contribution in [2.75, 3.05) is 0 Å². The van der Waals surface area contributed by atoms with Crippen LogP contribution < -0.4 is 11.2 Å². The fourth-order valence-electron chi connectivity index (χ4n) is 2.97. The lowest BCUT2D eigenvalue weighted by atomic mass is 10.3. The Labute approximate surface area is 149 Å². The highest BCUT2D eigenvalue weighted by Gasteiger charge is 2.20. The van der Waals surface area contributed by atoms with Crippen LogP contribution >= 0.6 is 11.6 Å². The zero-order valence-corrected chi connectivity index (χ0v) is 15.2. The number of aromatic nitrogens is 5. The molecule has 0 bridgehead atoms. The molecule has 0 spiro atoms. The van der Waals surface area contributed by atoms with Crippen LogP contribution in [0, 0.1) is 0 Å². The molecule has 0 radical (unpaired) electrons. The largest absolute Gasteiger partial charge is 0.332 e. The van der Waals surface area contributed by atoms with Gasteiger partial charge < -0.3 is 4.57 Å². The van der Waals surface area contributed by atoms with Gasteiger partial charge in [0.15, 0.2) is 11.2 Å². The summed E-state index contributed by atoms with van der Waals surface area (Å²) in [6.07, 6.45) is 3.09. The van der Waals surface area contributed by atoms with E-state index in [4.69, 9.17) is 11.6 Å². The lowest BCUT2D eigenvalue weighted by Crippen LogP contribution is -2.40. The van der Waals surface area contributed by atoms with Crippen LogP contribution in [-0.2, 0) is 20.1 Å². The average molecular weight is 362 g/mol. The molecule has 8 heteroatoms. The van der Waals surface area contributed by atoms with Crippen molar-refractivity contribution in [1.29, 1.82) is 0 Å². The predicted octanol–water partition coefficient (Wildman–Crippen LogP) is 2.43. The van der Waals surface area contributed by atoms with E-state index in [1.165, 1.54) is 4.57 Å². The Balaban J connectivity index is 2.38. The number of hydrogen-bond donors (Lipinski definition) is 0. The molecule has 0 aliphatic rings. The second kappa shape index (κ2) is 6.84. The van der Waals surface area contributed by atoms with Gasteiger partial charge in [-0.2, -0.15) is 0 Å². The number of rotatable bonds is 5. The molecule has 0 unspecified atom stereocenters. The van der Waals surface area contributed by atoms with Crippen LogP contribution in [0.25, 0.3) is 22.6 Å². The number of halogens is 1. The summed E-state index contributed by atoms with van der Waals surface area (Å²) >= 11 is 5.85. The minimum absolute atomic E-state index is 0.305. The second-order valence-corrected chi connectivity index (χ2v) is 6.31. The van der Waals surface area contributed by atoms with Gasteiger partial charge in [-0.1, -0.05) is 25.4 Å². The van der Waals surface area contributed by atoms with E-state index in [0.717, 1.165) is 12.0 Å². The van der Waals surface area contributed by atoms with E-state index in [-0.39, 0.29) is 11.2 Å². The van der Waals surface area contributed by atoms with Crippen molar-refractivity contribution in [2.24, 2.45) is 7.05 Å². The smallest absolute Gasteiger partial charge is 0.321 e. The number of pyridine rings is 1. The second-order valence-electron chi connectivity index (χ2n) is 5.93. The minimum Gasteiger partial charge on any atom is -0.321 e. The third kappa shape index (κ3) is 2.89. The molecule has 3 aromatic rings. The molecule has 3 aromatic heterocycles. The summed E-state index contributed by atoms with van der Waals surface area (Å²) < 4.78 is 4.60. The van der Waals surface area contributed by atoms with Crippen LogP contribution in [0.15, 0.2) is 27.9 Å². The molecule has 0 saturated heterocycles. The molecule has 25 heavy (non-hydrogen) atoms. The van der Waals surface area contributed by atoms with Crippen molar-refractivity contribution in [3.05, 3.63) is 44.3 Å². The first-order chi connectivity index (χ1) is 12.0. The molecule has 0 aromatic carbocycles. The van der Waals surface area contributed by atoms with Crippen molar-refractivity contribution in [2.45, 2.75) is 39.8 Å². The van der Waals surface area contributed by atoms with E-state index >= 15 is 0 Å².